The summed E-state index contributed by atoms with van der Waals surface area (Å²) >= 11 is 6.39. The van der Waals surface area contributed by atoms with Gasteiger partial charge in [0.05, 0.1) is 28.1 Å². The maximum absolute atomic E-state index is 6.39. The molecule has 1 aromatic rings. The molecule has 0 radical (unpaired) electrons. The van der Waals surface area contributed by atoms with Gasteiger partial charge < -0.3 is 4.74 Å². The van der Waals surface area contributed by atoms with Gasteiger partial charge in [0.2, 0.25) is 0 Å². The van der Waals surface area contributed by atoms with E-state index in [2.05, 4.69) is 17.4 Å². The van der Waals surface area contributed by atoms with Gasteiger partial charge in [-0.15, -0.1) is 0 Å². The number of nitrogens with zero attached hydrogens (tertiary/aromatic N) is 2. The number of aromatic nitrogens is 2. The van der Waals surface area contributed by atoms with Crippen molar-refractivity contribution < 1.29 is 4.74 Å². The third-order valence-corrected chi connectivity index (χ3v) is 4.78. The van der Waals surface area contributed by atoms with Crippen LogP contribution in [0, 0.1) is 0 Å². The highest BCUT2D eigenvalue weighted by molar-refractivity contribution is 6.31. The first-order chi connectivity index (χ1) is 9.07. The van der Waals surface area contributed by atoms with E-state index in [0.717, 1.165) is 42.1 Å². The Bertz CT molecular complexity index is 437. The molecular weight excluding hydrogens is 264 g/mol. The molecule has 6 heteroatoms. The number of methoxy groups -OCH3 is 1. The molecule has 0 spiro atoms. The lowest BCUT2D eigenvalue weighted by atomic mass is 9.73. The number of ether oxygens (including phenoxy) is 1. The summed E-state index contributed by atoms with van der Waals surface area (Å²) in [6.07, 6.45) is 4.82. The molecule has 5 nitrogen and oxygen atoms in total. The predicted octanol–water partition coefficient (Wildman–Crippen LogP) is 1.58. The second-order valence-corrected chi connectivity index (χ2v) is 5.61. The minimum Gasteiger partial charge on any atom is -0.377 e. The van der Waals surface area contributed by atoms with Gasteiger partial charge in [0, 0.05) is 20.6 Å². The van der Waals surface area contributed by atoms with Crippen LogP contribution in [0.2, 0.25) is 5.02 Å². The number of hydrogen-bond donors (Lipinski definition) is 2. The molecule has 0 aromatic carbocycles. The first-order valence-corrected chi connectivity index (χ1v) is 7.17. The van der Waals surface area contributed by atoms with Gasteiger partial charge in [0.25, 0.3) is 0 Å². The van der Waals surface area contributed by atoms with Crippen LogP contribution in [-0.4, -0.2) is 28.5 Å². The maximum atomic E-state index is 6.39. The number of hydrazine groups is 1. The van der Waals surface area contributed by atoms with Crippen molar-refractivity contribution in [1.29, 1.82) is 0 Å². The molecule has 1 fully saturated rings. The molecule has 1 aliphatic rings. The minimum atomic E-state index is -0.158. The zero-order valence-corrected chi connectivity index (χ0v) is 12.6. The Morgan fingerprint density at radius 2 is 2.26 bits per heavy atom. The zero-order valence-electron chi connectivity index (χ0n) is 11.9. The van der Waals surface area contributed by atoms with Gasteiger partial charge in [0.15, 0.2) is 0 Å². The summed E-state index contributed by atoms with van der Waals surface area (Å²) in [5, 5.41) is 5.20. The van der Waals surface area contributed by atoms with E-state index in [9.17, 15) is 0 Å². The van der Waals surface area contributed by atoms with Crippen LogP contribution < -0.4 is 11.3 Å². The first kappa shape index (κ1) is 14.8. The van der Waals surface area contributed by atoms with E-state index in [0.29, 0.717) is 0 Å². The van der Waals surface area contributed by atoms with Crippen LogP contribution in [0.4, 0.5) is 0 Å². The Balaban J connectivity index is 2.21. The molecule has 1 aliphatic carbocycles. The molecule has 1 aromatic heterocycles. The van der Waals surface area contributed by atoms with E-state index in [-0.39, 0.29) is 11.6 Å². The van der Waals surface area contributed by atoms with Crippen LogP contribution in [0.1, 0.15) is 37.6 Å². The van der Waals surface area contributed by atoms with E-state index in [1.165, 1.54) is 6.42 Å². The largest absolute Gasteiger partial charge is 0.377 e. The number of halogens is 1. The molecule has 0 aliphatic heterocycles. The fourth-order valence-corrected chi connectivity index (χ4v) is 3.22. The van der Waals surface area contributed by atoms with Gasteiger partial charge in [-0.2, -0.15) is 5.10 Å². The van der Waals surface area contributed by atoms with Crippen molar-refractivity contribution in [3.05, 3.63) is 16.4 Å². The molecule has 2 rings (SSSR count). The van der Waals surface area contributed by atoms with Gasteiger partial charge in [-0.1, -0.05) is 18.5 Å². The summed E-state index contributed by atoms with van der Waals surface area (Å²) in [6, 6.07) is 0.0591. The summed E-state index contributed by atoms with van der Waals surface area (Å²) in [5.74, 6) is 5.73. The van der Waals surface area contributed by atoms with Crippen molar-refractivity contribution in [2.75, 3.05) is 7.11 Å². The molecule has 0 amide bonds. The van der Waals surface area contributed by atoms with E-state index in [1.54, 1.807) is 7.11 Å². The Kier molecular flexibility index (Phi) is 4.50. The van der Waals surface area contributed by atoms with Crippen LogP contribution in [-0.2, 0) is 24.6 Å². The van der Waals surface area contributed by atoms with Crippen molar-refractivity contribution in [3.8, 4) is 0 Å². The number of nitrogens with one attached hydrogen (secondary N) is 1. The molecule has 0 saturated heterocycles. The fraction of sp³-hybridized carbons (Fsp3) is 0.769. The average molecular weight is 287 g/mol. The van der Waals surface area contributed by atoms with Gasteiger partial charge >= 0.3 is 0 Å². The monoisotopic (exact) mass is 286 g/mol. The second kappa shape index (κ2) is 5.79. The normalized spacial score (nSPS) is 19.2. The SMILES string of the molecule is CCc1nn(C)c(CC(NN)C2(OC)CCC2)c1Cl. The van der Waals surface area contributed by atoms with E-state index < -0.39 is 0 Å². The Hall–Kier alpha value is -0.620. The predicted molar refractivity (Wildman–Crippen MR) is 76.0 cm³/mol. The Morgan fingerprint density at radius 3 is 2.63 bits per heavy atom. The van der Waals surface area contributed by atoms with E-state index >= 15 is 0 Å². The summed E-state index contributed by atoms with van der Waals surface area (Å²) in [7, 11) is 3.68. The first-order valence-electron chi connectivity index (χ1n) is 6.79. The van der Waals surface area contributed by atoms with Crippen molar-refractivity contribution in [1.82, 2.24) is 15.2 Å². The molecule has 1 heterocycles. The number of rotatable bonds is 6. The lowest BCUT2D eigenvalue weighted by Crippen LogP contribution is -2.59. The van der Waals surface area contributed by atoms with Crippen LogP contribution in [0.25, 0.3) is 0 Å². The maximum Gasteiger partial charge on any atom is 0.0850 e. The zero-order chi connectivity index (χ0) is 14.0. The average Bonchev–Trinajstić information content (AvgIpc) is 2.63. The number of nitrogens with two attached hydrogens (primary N) is 1. The van der Waals surface area contributed by atoms with Crippen LogP contribution in [0.15, 0.2) is 0 Å². The lowest BCUT2D eigenvalue weighted by Gasteiger charge is -2.46. The summed E-state index contributed by atoms with van der Waals surface area (Å²) < 4.78 is 7.55. The molecule has 19 heavy (non-hydrogen) atoms. The molecular formula is C13H23ClN4O. The Morgan fingerprint density at radius 1 is 1.58 bits per heavy atom. The molecule has 1 atom stereocenters. The smallest absolute Gasteiger partial charge is 0.0850 e. The van der Waals surface area contributed by atoms with Crippen molar-refractivity contribution in [3.63, 3.8) is 0 Å². The molecule has 3 N–H and O–H groups in total. The minimum absolute atomic E-state index is 0.0591. The van der Waals surface area contributed by atoms with E-state index in [4.69, 9.17) is 22.2 Å². The van der Waals surface area contributed by atoms with Gasteiger partial charge in [-0.3, -0.25) is 16.0 Å². The highest BCUT2D eigenvalue weighted by Gasteiger charge is 2.44. The third kappa shape index (κ3) is 2.52. The van der Waals surface area contributed by atoms with Crippen molar-refractivity contribution >= 4 is 11.6 Å². The van der Waals surface area contributed by atoms with Crippen LogP contribution >= 0.6 is 11.6 Å². The topological polar surface area (TPSA) is 65.1 Å². The molecule has 1 unspecified atom stereocenters. The van der Waals surface area contributed by atoms with Gasteiger partial charge in [0.1, 0.15) is 0 Å². The van der Waals surface area contributed by atoms with Crippen LogP contribution in [0.5, 0.6) is 0 Å². The Labute approximate surface area is 119 Å². The summed E-state index contributed by atoms with van der Waals surface area (Å²) in [4.78, 5) is 0. The number of hydrogen-bond acceptors (Lipinski definition) is 4. The highest BCUT2D eigenvalue weighted by atomic mass is 35.5. The van der Waals surface area contributed by atoms with E-state index in [1.807, 2.05) is 11.7 Å². The lowest BCUT2D eigenvalue weighted by molar-refractivity contribution is -0.0985. The molecule has 1 saturated carbocycles. The van der Waals surface area contributed by atoms with Gasteiger partial charge in [-0.25, -0.2) is 0 Å². The fourth-order valence-electron chi connectivity index (χ4n) is 2.85. The second-order valence-electron chi connectivity index (χ2n) is 5.23. The third-order valence-electron chi connectivity index (χ3n) is 4.34. The van der Waals surface area contributed by atoms with Crippen molar-refractivity contribution in [2.24, 2.45) is 12.9 Å². The van der Waals surface area contributed by atoms with Gasteiger partial charge in [-0.05, 0) is 25.7 Å². The summed E-state index contributed by atoms with van der Waals surface area (Å²) in [6.45, 7) is 2.05. The highest BCUT2D eigenvalue weighted by Crippen LogP contribution is 2.39. The summed E-state index contributed by atoms with van der Waals surface area (Å²) in [5.41, 5.74) is 4.70. The quantitative estimate of drug-likeness (QED) is 0.616. The van der Waals surface area contributed by atoms with Crippen molar-refractivity contribution in [2.45, 2.75) is 50.7 Å². The standard InChI is InChI=1S/C13H23ClN4O/c1-4-9-12(14)10(18(2)17-9)8-11(16-15)13(19-3)6-5-7-13/h11,16H,4-8,15H2,1-3H3. The number of aryl methyl sites for hydroxylation is 2. The van der Waals surface area contributed by atoms with Crippen LogP contribution in [0.3, 0.4) is 0 Å². The molecule has 0 bridgehead atoms. The molecule has 108 valence electrons.